The van der Waals surface area contributed by atoms with E-state index in [1.54, 1.807) is 18.2 Å². The third kappa shape index (κ3) is 2.50. The molecule has 2 aromatic rings. The summed E-state index contributed by atoms with van der Waals surface area (Å²) in [4.78, 5) is 17.7. The first-order chi connectivity index (χ1) is 8.09. The van der Waals surface area contributed by atoms with Gasteiger partial charge in [-0.15, -0.1) is 0 Å². The van der Waals surface area contributed by atoms with Crippen LogP contribution >= 0.6 is 31.9 Å². The fourth-order valence-electron chi connectivity index (χ4n) is 1.17. The highest BCUT2D eigenvalue weighted by Gasteiger charge is 2.12. The van der Waals surface area contributed by atoms with Crippen molar-refractivity contribution in [1.82, 2.24) is 9.97 Å². The van der Waals surface area contributed by atoms with Crippen LogP contribution in [0.25, 0.3) is 0 Å². The second-order valence-corrected chi connectivity index (χ2v) is 4.76. The summed E-state index contributed by atoms with van der Waals surface area (Å²) in [7, 11) is 0. The Labute approximate surface area is 113 Å². The molecule has 2 rings (SSSR count). The van der Waals surface area contributed by atoms with Crippen molar-refractivity contribution in [3.63, 3.8) is 0 Å². The Hall–Kier alpha value is -1.34. The number of anilines is 1. The van der Waals surface area contributed by atoms with Gasteiger partial charge in [-0.3, -0.25) is 4.79 Å². The molecule has 88 valence electrons. The minimum absolute atomic E-state index is 0.160. The van der Waals surface area contributed by atoms with Crippen LogP contribution in [-0.4, -0.2) is 9.97 Å². The van der Waals surface area contributed by atoms with Gasteiger partial charge in [0.25, 0.3) is 5.56 Å². The van der Waals surface area contributed by atoms with Gasteiger partial charge in [-0.2, -0.15) is 0 Å². The molecule has 0 aliphatic heterocycles. The number of hydrogen-bond acceptors (Lipinski definition) is 4. The molecule has 0 amide bonds. The van der Waals surface area contributed by atoms with E-state index in [4.69, 9.17) is 10.5 Å². The van der Waals surface area contributed by atoms with Gasteiger partial charge in [0.05, 0.1) is 16.5 Å². The predicted molar refractivity (Wildman–Crippen MR) is 71.2 cm³/mol. The molecule has 1 aromatic heterocycles. The molecule has 17 heavy (non-hydrogen) atoms. The first kappa shape index (κ1) is 12.1. The van der Waals surface area contributed by atoms with Crippen molar-refractivity contribution in [3.8, 4) is 11.6 Å². The molecular formula is C10H7Br2N3O2. The first-order valence-electron chi connectivity index (χ1n) is 4.54. The van der Waals surface area contributed by atoms with Crippen LogP contribution < -0.4 is 16.0 Å². The minimum atomic E-state index is -0.319. The number of nitrogens with zero attached hydrogens (tertiary/aromatic N) is 1. The van der Waals surface area contributed by atoms with Crippen molar-refractivity contribution in [1.29, 1.82) is 0 Å². The van der Waals surface area contributed by atoms with Gasteiger partial charge < -0.3 is 15.5 Å². The van der Waals surface area contributed by atoms with Crippen molar-refractivity contribution in [2.75, 3.05) is 5.73 Å². The smallest absolute Gasteiger partial charge is 0.268 e. The Morgan fingerprint density at radius 3 is 2.82 bits per heavy atom. The second-order valence-electron chi connectivity index (χ2n) is 3.11. The number of H-pyrrole nitrogens is 1. The van der Waals surface area contributed by atoms with Crippen LogP contribution in [0.15, 0.2) is 38.3 Å². The van der Waals surface area contributed by atoms with Crippen molar-refractivity contribution in [2.24, 2.45) is 0 Å². The van der Waals surface area contributed by atoms with Crippen molar-refractivity contribution in [2.45, 2.75) is 0 Å². The van der Waals surface area contributed by atoms with Gasteiger partial charge in [-0.25, -0.2) is 4.98 Å². The number of nitrogens with one attached hydrogen (secondary N) is 1. The number of ether oxygens (including phenoxy) is 1. The molecule has 0 unspecified atom stereocenters. The third-order valence-corrected chi connectivity index (χ3v) is 3.28. The topological polar surface area (TPSA) is 81.0 Å². The fourth-order valence-corrected chi connectivity index (χ4v) is 1.93. The molecule has 0 bridgehead atoms. The summed E-state index contributed by atoms with van der Waals surface area (Å²) in [5, 5.41) is 0. The lowest BCUT2D eigenvalue weighted by Gasteiger charge is -2.09. The standard InChI is InChI=1S/C10H7Br2N3O2/c11-5-2-1-3-6(13)8(5)17-10-7(12)9(16)14-4-15-10/h1-4H,13H2,(H,14,15,16). The molecular weight excluding hydrogens is 354 g/mol. The fraction of sp³-hybridized carbons (Fsp3) is 0. The molecule has 0 fully saturated rings. The number of halogens is 2. The summed E-state index contributed by atoms with van der Waals surface area (Å²) >= 11 is 6.41. The Balaban J connectivity index is 2.45. The molecule has 0 saturated carbocycles. The van der Waals surface area contributed by atoms with Crippen LogP contribution in [0.3, 0.4) is 0 Å². The Bertz CT molecular complexity index is 592. The van der Waals surface area contributed by atoms with Gasteiger partial charge in [-0.1, -0.05) is 6.07 Å². The maximum absolute atomic E-state index is 11.3. The van der Waals surface area contributed by atoms with Crippen LogP contribution in [-0.2, 0) is 0 Å². The highest BCUT2D eigenvalue weighted by atomic mass is 79.9. The van der Waals surface area contributed by atoms with Crippen molar-refractivity contribution >= 4 is 37.5 Å². The monoisotopic (exact) mass is 359 g/mol. The largest absolute Gasteiger partial charge is 0.434 e. The lowest BCUT2D eigenvalue weighted by atomic mass is 10.3. The van der Waals surface area contributed by atoms with Crippen LogP contribution in [0.4, 0.5) is 5.69 Å². The molecule has 7 heteroatoms. The van der Waals surface area contributed by atoms with Gasteiger partial charge in [-0.05, 0) is 44.0 Å². The molecule has 0 atom stereocenters. The van der Waals surface area contributed by atoms with Gasteiger partial charge in [0.2, 0.25) is 5.88 Å². The number of hydrogen-bond donors (Lipinski definition) is 2. The molecule has 0 radical (unpaired) electrons. The summed E-state index contributed by atoms with van der Waals surface area (Å²) in [6.07, 6.45) is 1.26. The number of aromatic amines is 1. The molecule has 5 nitrogen and oxygen atoms in total. The number of nitrogen functional groups attached to an aromatic ring is 1. The zero-order valence-electron chi connectivity index (χ0n) is 8.41. The number of aromatic nitrogens is 2. The molecule has 0 spiro atoms. The second kappa shape index (κ2) is 4.89. The van der Waals surface area contributed by atoms with E-state index in [0.717, 1.165) is 0 Å². The number of benzene rings is 1. The summed E-state index contributed by atoms with van der Waals surface area (Å²) in [5.74, 6) is 0.582. The van der Waals surface area contributed by atoms with Crippen LogP contribution in [0.5, 0.6) is 11.6 Å². The van der Waals surface area contributed by atoms with E-state index >= 15 is 0 Å². The van der Waals surface area contributed by atoms with Gasteiger partial charge >= 0.3 is 0 Å². The highest BCUT2D eigenvalue weighted by Crippen LogP contribution is 2.35. The van der Waals surface area contributed by atoms with E-state index in [0.29, 0.717) is 15.9 Å². The van der Waals surface area contributed by atoms with Crippen LogP contribution in [0.1, 0.15) is 0 Å². The summed E-state index contributed by atoms with van der Waals surface area (Å²) < 4.78 is 6.41. The summed E-state index contributed by atoms with van der Waals surface area (Å²) in [6, 6.07) is 5.26. The predicted octanol–water partition coefficient (Wildman–Crippen LogP) is 2.67. The Morgan fingerprint density at radius 2 is 2.12 bits per heavy atom. The van der Waals surface area contributed by atoms with E-state index in [9.17, 15) is 4.79 Å². The van der Waals surface area contributed by atoms with E-state index in [1.165, 1.54) is 6.33 Å². The molecule has 1 heterocycles. The van der Waals surface area contributed by atoms with Crippen LogP contribution in [0.2, 0.25) is 0 Å². The van der Waals surface area contributed by atoms with E-state index in [1.807, 2.05) is 0 Å². The normalized spacial score (nSPS) is 10.2. The number of nitrogens with two attached hydrogens (primary N) is 1. The maximum atomic E-state index is 11.3. The quantitative estimate of drug-likeness (QED) is 0.807. The van der Waals surface area contributed by atoms with Gasteiger partial charge in [0.15, 0.2) is 5.75 Å². The highest BCUT2D eigenvalue weighted by molar-refractivity contribution is 9.11. The molecule has 0 aliphatic rings. The third-order valence-electron chi connectivity index (χ3n) is 1.96. The average molecular weight is 361 g/mol. The first-order valence-corrected chi connectivity index (χ1v) is 6.13. The van der Waals surface area contributed by atoms with E-state index in [-0.39, 0.29) is 15.9 Å². The number of rotatable bonds is 2. The number of para-hydroxylation sites is 1. The summed E-state index contributed by atoms with van der Waals surface area (Å²) in [5.41, 5.74) is 5.91. The Morgan fingerprint density at radius 1 is 1.35 bits per heavy atom. The zero-order chi connectivity index (χ0) is 12.4. The molecule has 0 saturated heterocycles. The maximum Gasteiger partial charge on any atom is 0.268 e. The van der Waals surface area contributed by atoms with E-state index < -0.39 is 0 Å². The molecule has 0 aliphatic carbocycles. The van der Waals surface area contributed by atoms with E-state index in [2.05, 4.69) is 41.8 Å². The molecule has 1 aromatic carbocycles. The van der Waals surface area contributed by atoms with Crippen molar-refractivity contribution < 1.29 is 4.74 Å². The van der Waals surface area contributed by atoms with Crippen LogP contribution in [0, 0.1) is 0 Å². The lowest BCUT2D eigenvalue weighted by Crippen LogP contribution is -2.08. The minimum Gasteiger partial charge on any atom is -0.434 e. The Kier molecular flexibility index (Phi) is 3.49. The SMILES string of the molecule is Nc1cccc(Br)c1Oc1nc[nH]c(=O)c1Br. The van der Waals surface area contributed by atoms with Crippen molar-refractivity contribution in [3.05, 3.63) is 43.8 Å². The average Bonchev–Trinajstić information content (AvgIpc) is 2.29. The molecule has 3 N–H and O–H groups in total. The van der Waals surface area contributed by atoms with Gasteiger partial charge in [0.1, 0.15) is 4.47 Å². The van der Waals surface area contributed by atoms with Gasteiger partial charge in [0, 0.05) is 0 Å². The zero-order valence-corrected chi connectivity index (χ0v) is 11.6. The summed E-state index contributed by atoms with van der Waals surface area (Å²) in [6.45, 7) is 0. The lowest BCUT2D eigenvalue weighted by molar-refractivity contribution is 0.456.